The first-order valence-electron chi connectivity index (χ1n) is 27.4. The molecule has 0 spiro atoms. The van der Waals surface area contributed by atoms with E-state index in [-0.39, 0.29) is 397 Å². The second-order valence-corrected chi connectivity index (χ2v) is 34.1. The van der Waals surface area contributed by atoms with Crippen LogP contribution in [0.2, 0.25) is 0 Å². The van der Waals surface area contributed by atoms with E-state index >= 15 is 0 Å². The van der Waals surface area contributed by atoms with Crippen LogP contribution in [0.25, 0.3) is 0 Å². The van der Waals surface area contributed by atoms with Crippen molar-refractivity contribution in [1.29, 1.82) is 0 Å². The van der Waals surface area contributed by atoms with Crippen molar-refractivity contribution in [3.8, 4) is 0 Å². The van der Waals surface area contributed by atoms with E-state index in [9.17, 15) is 169 Å². The molecule has 0 aromatic carbocycles. The van der Waals surface area contributed by atoms with Gasteiger partial charge in [-0.15, -0.1) is 0 Å². The molecule has 0 aliphatic carbocycles. The molecule has 0 bridgehead atoms. The van der Waals surface area contributed by atoms with Crippen LogP contribution in [0.15, 0.2) is 0 Å². The number of hydrogen-bond acceptors (Lipinski definition) is 60. The molecule has 1 unspecified atom stereocenters. The molecule has 4 heterocycles. The van der Waals surface area contributed by atoms with E-state index < -0.39 is 291 Å². The van der Waals surface area contributed by atoms with Crippen molar-refractivity contribution >= 4 is 135 Å². The average molecular weight is 2130 g/mol. The van der Waals surface area contributed by atoms with E-state index in [2.05, 4.69) is 54.4 Å². The first-order valence-corrected chi connectivity index (χ1v) is 44.8. The third-order valence-electron chi connectivity index (χ3n) is 13.1. The van der Waals surface area contributed by atoms with Gasteiger partial charge in [-0.1, -0.05) is 51.9 Å². The van der Waals surface area contributed by atoms with Gasteiger partial charge in [-0.2, -0.15) is 0 Å². The van der Waals surface area contributed by atoms with Gasteiger partial charge in [0.25, 0.3) is 0 Å². The molecule has 4 aliphatic heterocycles. The molecule has 120 heavy (non-hydrogen) atoms. The van der Waals surface area contributed by atoms with Gasteiger partial charge in [-0.25, -0.2) is 109 Å². The van der Waals surface area contributed by atoms with Crippen molar-refractivity contribution < 1.29 is 645 Å². The number of rotatable bonds is 46. The molecule has 0 amide bonds. The summed E-state index contributed by atoms with van der Waals surface area (Å²) in [6.45, 7) is -8.56. The smallest absolute Gasteiger partial charge is 0.726 e. The Bertz CT molecular complexity index is 4590. The summed E-state index contributed by atoms with van der Waals surface area (Å²) in [5.74, 6) is 0. The number of ether oxygens (including phenoxy) is 8. The molecule has 4 fully saturated rings. The van der Waals surface area contributed by atoms with E-state index in [0.717, 1.165) is 19.3 Å². The predicted octanol–water partition coefficient (Wildman–Crippen LogP) is -51.2. The monoisotopic (exact) mass is 2130 g/mol. The Morgan fingerprint density at radius 1 is 0.208 bits per heavy atom. The third-order valence-corrected chi connectivity index (χ3v) is 18.9. The Kier molecular flexibility index (Phi) is 81.4. The van der Waals surface area contributed by atoms with Crippen molar-refractivity contribution in [2.24, 2.45) is 0 Å². The van der Waals surface area contributed by atoms with Gasteiger partial charge in [0.1, 0.15) is 73.2 Å². The van der Waals surface area contributed by atoms with Gasteiger partial charge in [0.05, 0.1) is 26.4 Å². The Balaban J connectivity index is -0.00000116. The Hall–Kier alpha value is 11.0. The molecule has 86 heteroatoms. The molecule has 60 nitrogen and oxygen atoms in total. The molecule has 0 aromatic rings. The fraction of sp³-hybridized carbons (Fsp3) is 1.00. The molecular formula is C34H49Na13O60S13. The molecule has 0 saturated carbocycles. The van der Waals surface area contributed by atoms with Crippen LogP contribution < -0.4 is 384 Å². The van der Waals surface area contributed by atoms with Gasteiger partial charge >= 0.3 is 384 Å². The largest absolute Gasteiger partial charge is 1.00 e. The zero-order valence-corrected chi connectivity index (χ0v) is 101. The molecule has 636 valence electrons. The maximum Gasteiger partial charge on any atom is 1.00 e. The number of hydrogen-bond donors (Lipinski definition) is 0. The summed E-state index contributed by atoms with van der Waals surface area (Å²) in [6.07, 6.45) is -72.0. The van der Waals surface area contributed by atoms with Gasteiger partial charge in [0, 0.05) is 6.61 Å². The first-order chi connectivity index (χ1) is 48.1. The minimum atomic E-state index is -7.22. The van der Waals surface area contributed by atoms with E-state index in [1.54, 1.807) is 0 Å². The molecule has 0 radical (unpaired) electrons. The minimum absolute atomic E-state index is 0. The van der Waals surface area contributed by atoms with Crippen LogP contribution in [0, 0.1) is 0 Å². The Morgan fingerprint density at radius 2 is 0.375 bits per heavy atom. The van der Waals surface area contributed by atoms with Gasteiger partial charge < -0.3 is 97.1 Å². The third kappa shape index (κ3) is 63.1. The first kappa shape index (κ1) is 151. The van der Waals surface area contributed by atoms with E-state index in [0.29, 0.717) is 19.3 Å². The van der Waals surface area contributed by atoms with Crippen molar-refractivity contribution in [2.45, 2.75) is 181 Å². The summed E-state index contributed by atoms with van der Waals surface area (Å²) in [5.41, 5.74) is 0. The van der Waals surface area contributed by atoms with Crippen LogP contribution >= 0.6 is 0 Å². The van der Waals surface area contributed by atoms with Crippen LogP contribution in [0.1, 0.15) is 58.3 Å². The quantitative estimate of drug-likeness (QED) is 0.0236. The van der Waals surface area contributed by atoms with Crippen molar-refractivity contribution in [1.82, 2.24) is 0 Å². The summed E-state index contributed by atoms with van der Waals surface area (Å²) in [5, 5.41) is 0. The van der Waals surface area contributed by atoms with Crippen LogP contribution in [-0.4, -0.2) is 324 Å². The van der Waals surface area contributed by atoms with E-state index in [1.807, 2.05) is 6.92 Å². The maximum atomic E-state index is 12.9. The average Bonchev–Trinajstić information content (AvgIpc) is 0.749. The molecule has 4 aliphatic rings. The molecule has 0 N–H and O–H groups in total. The number of unbranched alkanes of at least 4 members (excludes halogenated alkanes) is 7. The molecular weight excluding hydrogens is 2080 g/mol. The minimum Gasteiger partial charge on any atom is -0.726 e. The van der Waals surface area contributed by atoms with E-state index in [4.69, 9.17) is 37.9 Å². The van der Waals surface area contributed by atoms with Crippen LogP contribution in [0.4, 0.5) is 0 Å². The summed E-state index contributed by atoms with van der Waals surface area (Å²) in [7, 11) is -88.0. The van der Waals surface area contributed by atoms with Crippen LogP contribution in [0.5, 0.6) is 0 Å². The Labute approximate surface area is 975 Å². The molecule has 0 aromatic heterocycles. The van der Waals surface area contributed by atoms with Gasteiger partial charge in [-0.3, -0.25) is 54.4 Å². The van der Waals surface area contributed by atoms with Gasteiger partial charge in [0.15, 0.2) is 49.6 Å². The zero-order chi connectivity index (χ0) is 82.1. The second kappa shape index (κ2) is 64.6. The van der Waals surface area contributed by atoms with Gasteiger partial charge in [-0.05, 0) is 6.42 Å². The molecule has 4 saturated heterocycles. The SMILES string of the molecule is CCCCCCCCCCOC1O[C@H](COS(=O)(=O)[O-])[C@@H](OS(=O)(=O)[O-])[C@H](O[C@@H]2O[C@H](COS(=O)(=O)[O-])[C@@H](OS(=O)(=O)[O-])[C@H](O[C@@H]3O[C@H](COS(=O)(=O)[O-])[C@@H](OS(=O)(=O)[O-])[C@H](O[C@@H]4O[C@H](COS(=O)(=O)[O-])[C@@H](OS(=O)(=O)[O-])[C@H](OS(=O)(=O)[O-])[C@H]4OS(=O)(=O)[O-])[C@H]3OS(=O)(=O)[O-])[C@H]2OS(=O)(=O)[O-])[C@H]1OS(=O)(=O)[O-].[Na+].[Na+].[Na+].[Na+].[Na+].[Na+].[Na+].[Na+].[Na+].[Na+].[Na+].[Na+].[Na+]. The Morgan fingerprint density at radius 3 is 0.583 bits per heavy atom. The van der Waals surface area contributed by atoms with Gasteiger partial charge in [0.2, 0.25) is 135 Å². The van der Waals surface area contributed by atoms with Crippen molar-refractivity contribution in [3.63, 3.8) is 0 Å². The zero-order valence-electron chi connectivity index (χ0n) is 64.5. The topological polar surface area (TPSA) is 937 Å². The van der Waals surface area contributed by atoms with Crippen LogP contribution in [-0.2, 0) is 227 Å². The molecule has 4 rings (SSSR count). The fourth-order valence-electron chi connectivity index (χ4n) is 9.69. The maximum absolute atomic E-state index is 12.9. The summed E-state index contributed by atoms with van der Waals surface area (Å²) in [4.78, 5) is 0. The fourth-order valence-corrected chi connectivity index (χ4v) is 15.3. The van der Waals surface area contributed by atoms with E-state index in [1.165, 1.54) is 0 Å². The summed E-state index contributed by atoms with van der Waals surface area (Å²) in [6, 6.07) is 0. The molecule has 20 atom stereocenters. The predicted molar refractivity (Wildman–Crippen MR) is 292 cm³/mol. The summed E-state index contributed by atoms with van der Waals surface area (Å²) < 4.78 is 575. The van der Waals surface area contributed by atoms with Crippen LogP contribution in [0.3, 0.4) is 0 Å². The summed E-state index contributed by atoms with van der Waals surface area (Å²) >= 11 is 0. The second-order valence-electron chi connectivity index (χ2n) is 20.8. The standard InChI is InChI=1S/C34H62O60S13.13Na/c1-2-3-4-5-6-7-8-9-10-74-31-27(91-104(62,63)64)23(19(86-99(47,48)49)15(79-31)11-75-95(35,36)37)83-32-28(92-105(65,66)67)24(20(87-100(50,51)52)16(80-32)12-76-96(38,39)40)84-33-29(93-106(68,69)70)25(21(88-101(53,54)55)17(81-33)13-77-97(41,42)43)85-34-30(94-107(71,72)73)26(90-103(59,60)61)22(89-102(56,57)58)18(82-34)14-78-98(44,45)46;;;;;;;;;;;;;/h15-34H,2-14H2,1H3,(H,35,36,37)(H,38,39,40)(H,41,42,43)(H,44,45,46)(H,47,48,49)(H,50,51,52)(H,53,54,55)(H,56,57,58)(H,59,60,61)(H,62,63,64)(H,65,66,67)(H,68,69,70)(H,71,72,73);;;;;;;;;;;;;/q;13*+1/p-13/t15-,16-,17-,18-,19-,20-,21-,22-,23+,24+,25+,26+,27-,28-,29-,30-,31?,32+,33+,34+;;;;;;;;;;;;;/m1............./s1. The van der Waals surface area contributed by atoms with Crippen molar-refractivity contribution in [2.75, 3.05) is 33.0 Å². The normalized spacial score (nSPS) is 27.8. The van der Waals surface area contributed by atoms with Crippen molar-refractivity contribution in [3.05, 3.63) is 0 Å².